The quantitative estimate of drug-likeness (QED) is 0.537. The zero-order valence-corrected chi connectivity index (χ0v) is 14.6. The lowest BCUT2D eigenvalue weighted by Gasteiger charge is -2.33. The SMILES string of the molecule is O=C(NCC1CCCN(C(=O)Cn2cc([N+](=O)[O-])cn2)C1)C1CCCN1. The maximum Gasteiger partial charge on any atom is 0.307 e. The van der Waals surface area contributed by atoms with Crippen LogP contribution in [0, 0.1) is 16.0 Å². The number of likely N-dealkylation sites (tertiary alicyclic amines) is 1. The number of aromatic nitrogens is 2. The Bertz CT molecular complexity index is 669. The number of piperidine rings is 1. The van der Waals surface area contributed by atoms with Gasteiger partial charge in [0.05, 0.1) is 11.0 Å². The van der Waals surface area contributed by atoms with E-state index in [9.17, 15) is 19.7 Å². The van der Waals surface area contributed by atoms with E-state index < -0.39 is 4.92 Å². The van der Waals surface area contributed by atoms with Gasteiger partial charge in [0.25, 0.3) is 0 Å². The van der Waals surface area contributed by atoms with E-state index in [-0.39, 0.29) is 36.0 Å². The standard InChI is InChI=1S/C16H24N6O4/c23-15(11-21-10-13(8-19-21)22(25)26)20-6-2-3-12(9-20)7-18-16(24)14-4-1-5-17-14/h8,10,12,14,17H,1-7,9,11H2,(H,18,24). The van der Waals surface area contributed by atoms with Crippen molar-refractivity contribution in [2.45, 2.75) is 38.3 Å². The van der Waals surface area contributed by atoms with Gasteiger partial charge in [0, 0.05) is 19.6 Å². The van der Waals surface area contributed by atoms with E-state index in [4.69, 9.17) is 0 Å². The van der Waals surface area contributed by atoms with Crippen molar-refractivity contribution in [3.05, 3.63) is 22.5 Å². The normalized spacial score (nSPS) is 23.0. The molecule has 1 aromatic heterocycles. The van der Waals surface area contributed by atoms with Gasteiger partial charge in [-0.25, -0.2) is 0 Å². The Morgan fingerprint density at radius 2 is 2.23 bits per heavy atom. The summed E-state index contributed by atoms with van der Waals surface area (Å²) >= 11 is 0. The predicted molar refractivity (Wildman–Crippen MR) is 92.2 cm³/mol. The number of nitro groups is 1. The van der Waals surface area contributed by atoms with E-state index in [1.807, 2.05) is 0 Å². The Kier molecular flexibility index (Phi) is 5.82. The molecule has 2 aliphatic rings. The average Bonchev–Trinajstić information content (AvgIpc) is 3.32. The fourth-order valence-corrected chi connectivity index (χ4v) is 3.51. The third kappa shape index (κ3) is 4.57. The number of nitrogens with zero attached hydrogens (tertiary/aromatic N) is 4. The van der Waals surface area contributed by atoms with Gasteiger partial charge in [0.1, 0.15) is 18.9 Å². The second kappa shape index (κ2) is 8.26. The highest BCUT2D eigenvalue weighted by atomic mass is 16.6. The molecule has 3 rings (SSSR count). The van der Waals surface area contributed by atoms with Gasteiger partial charge >= 0.3 is 5.69 Å². The van der Waals surface area contributed by atoms with Crippen LogP contribution in [-0.4, -0.2) is 63.6 Å². The molecule has 26 heavy (non-hydrogen) atoms. The Balaban J connectivity index is 1.46. The summed E-state index contributed by atoms with van der Waals surface area (Å²) in [4.78, 5) is 36.4. The Morgan fingerprint density at radius 3 is 2.92 bits per heavy atom. The first-order chi connectivity index (χ1) is 12.5. The van der Waals surface area contributed by atoms with Gasteiger partial charge < -0.3 is 15.5 Å². The molecule has 2 N–H and O–H groups in total. The summed E-state index contributed by atoms with van der Waals surface area (Å²) in [6.07, 6.45) is 6.14. The largest absolute Gasteiger partial charge is 0.354 e. The molecule has 2 aliphatic heterocycles. The molecule has 10 heteroatoms. The van der Waals surface area contributed by atoms with Crippen LogP contribution in [-0.2, 0) is 16.1 Å². The Labute approximate surface area is 151 Å². The molecule has 0 aliphatic carbocycles. The highest BCUT2D eigenvalue weighted by Crippen LogP contribution is 2.17. The zero-order valence-electron chi connectivity index (χ0n) is 14.6. The minimum atomic E-state index is -0.535. The number of nitrogens with one attached hydrogen (secondary N) is 2. The fraction of sp³-hybridized carbons (Fsp3) is 0.688. The second-order valence-corrected chi connectivity index (χ2v) is 6.90. The smallest absolute Gasteiger partial charge is 0.307 e. The number of amides is 2. The van der Waals surface area contributed by atoms with Crippen molar-refractivity contribution in [1.29, 1.82) is 0 Å². The van der Waals surface area contributed by atoms with Crippen molar-refractivity contribution in [1.82, 2.24) is 25.3 Å². The molecule has 0 aromatic carbocycles. The minimum absolute atomic E-state index is 0.0150. The van der Waals surface area contributed by atoms with E-state index in [1.165, 1.54) is 10.9 Å². The highest BCUT2D eigenvalue weighted by Gasteiger charge is 2.26. The van der Waals surface area contributed by atoms with Crippen LogP contribution in [0.2, 0.25) is 0 Å². The van der Waals surface area contributed by atoms with Crippen molar-refractivity contribution in [2.24, 2.45) is 5.92 Å². The number of carbonyl (C=O) groups is 2. The van der Waals surface area contributed by atoms with Gasteiger partial charge in [-0.1, -0.05) is 0 Å². The minimum Gasteiger partial charge on any atom is -0.354 e. The molecular weight excluding hydrogens is 340 g/mol. The van der Waals surface area contributed by atoms with E-state index in [0.717, 1.165) is 38.4 Å². The summed E-state index contributed by atoms with van der Waals surface area (Å²) in [5, 5.41) is 20.7. The van der Waals surface area contributed by atoms with Crippen LogP contribution >= 0.6 is 0 Å². The molecule has 2 atom stereocenters. The summed E-state index contributed by atoms with van der Waals surface area (Å²) in [6.45, 7) is 2.68. The molecule has 2 amide bonds. The molecule has 2 saturated heterocycles. The number of carbonyl (C=O) groups excluding carboxylic acids is 2. The maximum absolute atomic E-state index is 12.4. The van der Waals surface area contributed by atoms with Crippen LogP contribution in [0.3, 0.4) is 0 Å². The van der Waals surface area contributed by atoms with Gasteiger partial charge in [-0.05, 0) is 38.1 Å². The average molecular weight is 364 g/mol. The number of hydrogen-bond donors (Lipinski definition) is 2. The second-order valence-electron chi connectivity index (χ2n) is 6.90. The first-order valence-electron chi connectivity index (χ1n) is 8.98. The van der Waals surface area contributed by atoms with Crippen LogP contribution in [0.5, 0.6) is 0 Å². The van der Waals surface area contributed by atoms with E-state index in [1.54, 1.807) is 4.90 Å². The van der Waals surface area contributed by atoms with E-state index >= 15 is 0 Å². The summed E-state index contributed by atoms with van der Waals surface area (Å²) in [7, 11) is 0. The molecular formula is C16H24N6O4. The topological polar surface area (TPSA) is 122 Å². The van der Waals surface area contributed by atoms with Crippen LogP contribution in [0.1, 0.15) is 25.7 Å². The van der Waals surface area contributed by atoms with Crippen LogP contribution in [0.25, 0.3) is 0 Å². The van der Waals surface area contributed by atoms with Gasteiger partial charge in [-0.2, -0.15) is 5.10 Å². The third-order valence-corrected chi connectivity index (χ3v) is 4.94. The van der Waals surface area contributed by atoms with Gasteiger partial charge in [-0.3, -0.25) is 24.4 Å². The Morgan fingerprint density at radius 1 is 1.38 bits per heavy atom. The molecule has 0 bridgehead atoms. The van der Waals surface area contributed by atoms with E-state index in [0.29, 0.717) is 19.6 Å². The first kappa shape index (κ1) is 18.3. The lowest BCUT2D eigenvalue weighted by molar-refractivity contribution is -0.385. The number of rotatable bonds is 6. The molecule has 1 aromatic rings. The predicted octanol–water partition coefficient (Wildman–Crippen LogP) is -0.102. The summed E-state index contributed by atoms with van der Waals surface area (Å²) < 4.78 is 1.29. The zero-order chi connectivity index (χ0) is 18.5. The monoisotopic (exact) mass is 364 g/mol. The molecule has 0 radical (unpaired) electrons. The summed E-state index contributed by atoms with van der Waals surface area (Å²) in [6, 6.07) is -0.0908. The molecule has 2 unspecified atom stereocenters. The number of hydrogen-bond acceptors (Lipinski definition) is 6. The van der Waals surface area contributed by atoms with Crippen molar-refractivity contribution >= 4 is 17.5 Å². The van der Waals surface area contributed by atoms with Gasteiger partial charge in [-0.15, -0.1) is 0 Å². The highest BCUT2D eigenvalue weighted by molar-refractivity contribution is 5.82. The lowest BCUT2D eigenvalue weighted by Crippen LogP contribution is -2.47. The first-order valence-corrected chi connectivity index (χ1v) is 8.98. The lowest BCUT2D eigenvalue weighted by atomic mass is 9.97. The molecule has 0 saturated carbocycles. The molecule has 3 heterocycles. The molecule has 2 fully saturated rings. The van der Waals surface area contributed by atoms with Crippen molar-refractivity contribution in [3.8, 4) is 0 Å². The summed E-state index contributed by atoms with van der Waals surface area (Å²) in [5.74, 6) is 0.149. The third-order valence-electron chi connectivity index (χ3n) is 4.94. The molecule has 142 valence electrons. The molecule has 10 nitrogen and oxygen atoms in total. The van der Waals surface area contributed by atoms with Crippen LogP contribution < -0.4 is 10.6 Å². The fourth-order valence-electron chi connectivity index (χ4n) is 3.51. The van der Waals surface area contributed by atoms with E-state index in [2.05, 4.69) is 15.7 Å². The maximum atomic E-state index is 12.4. The van der Waals surface area contributed by atoms with Gasteiger partial charge in [0.2, 0.25) is 11.8 Å². The van der Waals surface area contributed by atoms with Crippen molar-refractivity contribution in [2.75, 3.05) is 26.2 Å². The van der Waals surface area contributed by atoms with Crippen LogP contribution in [0.4, 0.5) is 5.69 Å². The summed E-state index contributed by atoms with van der Waals surface area (Å²) in [5.41, 5.74) is -0.127. The van der Waals surface area contributed by atoms with Crippen molar-refractivity contribution < 1.29 is 14.5 Å². The van der Waals surface area contributed by atoms with Gasteiger partial charge in [0.15, 0.2) is 0 Å². The molecule has 0 spiro atoms. The Hall–Kier alpha value is -2.49. The van der Waals surface area contributed by atoms with Crippen LogP contribution in [0.15, 0.2) is 12.4 Å². The van der Waals surface area contributed by atoms with Crippen molar-refractivity contribution in [3.63, 3.8) is 0 Å².